The van der Waals surface area contributed by atoms with E-state index >= 15 is 0 Å². The number of carbonyl (C=O) groups is 1. The van der Waals surface area contributed by atoms with Crippen LogP contribution < -0.4 is 9.47 Å². The zero-order valence-corrected chi connectivity index (χ0v) is 20.8. The molecule has 0 radical (unpaired) electrons. The van der Waals surface area contributed by atoms with Crippen molar-refractivity contribution in [3.8, 4) is 11.6 Å². The largest absolute Gasteiger partial charge is 0.497 e. The van der Waals surface area contributed by atoms with Crippen molar-refractivity contribution in [2.75, 3.05) is 20.3 Å². The first-order chi connectivity index (χ1) is 16.4. The fourth-order valence-corrected chi connectivity index (χ4v) is 4.48. The molecule has 3 aromatic rings. The van der Waals surface area contributed by atoms with E-state index in [1.54, 1.807) is 19.5 Å². The quantitative estimate of drug-likeness (QED) is 0.301. The molecule has 3 atom stereocenters. The number of imidazole rings is 1. The van der Waals surface area contributed by atoms with E-state index in [1.807, 2.05) is 47.6 Å². The first-order valence-electron chi connectivity index (χ1n) is 11.6. The molecule has 8 nitrogen and oxygen atoms in total. The van der Waals surface area contributed by atoms with Crippen LogP contribution in [0.4, 0.5) is 0 Å². The fourth-order valence-electron chi connectivity index (χ4n) is 4.30. The van der Waals surface area contributed by atoms with Gasteiger partial charge >= 0.3 is 0 Å². The lowest BCUT2D eigenvalue weighted by Gasteiger charge is -2.26. The Morgan fingerprint density at radius 3 is 2.71 bits per heavy atom. The number of likely N-dealkylation sites (tertiary alicyclic amines) is 1. The number of carbonyl (C=O) groups excluding carboxylic acids is 1. The molecule has 1 aliphatic rings. The monoisotopic (exact) mass is 486 g/mol. The van der Waals surface area contributed by atoms with Crippen LogP contribution in [0.25, 0.3) is 11.0 Å². The van der Waals surface area contributed by atoms with Gasteiger partial charge in [-0.2, -0.15) is 4.98 Å². The second-order valence-electron chi connectivity index (χ2n) is 8.65. The Morgan fingerprint density at radius 1 is 1.24 bits per heavy atom. The third-order valence-corrected chi connectivity index (χ3v) is 6.52. The number of hydrogen-bond donors (Lipinski definition) is 0. The van der Waals surface area contributed by atoms with Gasteiger partial charge in [-0.05, 0) is 38.0 Å². The van der Waals surface area contributed by atoms with Gasteiger partial charge < -0.3 is 23.7 Å². The number of benzene rings is 1. The van der Waals surface area contributed by atoms with Crippen LogP contribution in [0.2, 0.25) is 5.15 Å². The van der Waals surface area contributed by atoms with Gasteiger partial charge in [-0.1, -0.05) is 30.7 Å². The molecular formula is C25H31ClN4O4. The van der Waals surface area contributed by atoms with Crippen LogP contribution in [0.1, 0.15) is 45.2 Å². The lowest BCUT2D eigenvalue weighted by Crippen LogP contribution is -2.31. The molecule has 4 rings (SSSR count). The van der Waals surface area contributed by atoms with Gasteiger partial charge in [0.1, 0.15) is 29.3 Å². The minimum atomic E-state index is -0.244. The predicted molar refractivity (Wildman–Crippen MR) is 130 cm³/mol. The van der Waals surface area contributed by atoms with E-state index in [0.717, 1.165) is 23.3 Å². The van der Waals surface area contributed by atoms with Crippen molar-refractivity contribution in [3.05, 3.63) is 47.4 Å². The Kier molecular flexibility index (Phi) is 7.58. The molecule has 0 saturated carbocycles. The van der Waals surface area contributed by atoms with Crippen LogP contribution in [0.5, 0.6) is 11.6 Å². The van der Waals surface area contributed by atoms with E-state index in [4.69, 9.17) is 25.8 Å². The predicted octanol–water partition coefficient (Wildman–Crippen LogP) is 4.85. The van der Waals surface area contributed by atoms with E-state index in [9.17, 15) is 4.79 Å². The van der Waals surface area contributed by atoms with Crippen LogP contribution in [-0.2, 0) is 16.3 Å². The van der Waals surface area contributed by atoms with E-state index in [0.29, 0.717) is 42.9 Å². The highest BCUT2D eigenvalue weighted by Gasteiger charge is 2.37. The summed E-state index contributed by atoms with van der Waals surface area (Å²) in [6.07, 6.45) is 2.81. The molecule has 9 heteroatoms. The van der Waals surface area contributed by atoms with Gasteiger partial charge in [0.25, 0.3) is 0 Å². The van der Waals surface area contributed by atoms with Crippen LogP contribution in [-0.4, -0.2) is 51.7 Å². The number of ether oxygens (including phenoxy) is 3. The highest BCUT2D eigenvalue weighted by Crippen LogP contribution is 2.33. The zero-order chi connectivity index (χ0) is 24.2. The minimum Gasteiger partial charge on any atom is -0.497 e. The van der Waals surface area contributed by atoms with Gasteiger partial charge in [-0.3, -0.25) is 4.79 Å². The molecule has 1 amide bonds. The SMILES string of the molecule is CCCOCn1cnc2cc(Cl)nc(O[C@H](C)[C@@H]3CC(=O)N([C@H](C)c4ccc(OC)cc4)C3)c21. The average molecular weight is 487 g/mol. The summed E-state index contributed by atoms with van der Waals surface area (Å²) in [6.45, 7) is 7.70. The van der Waals surface area contributed by atoms with E-state index in [-0.39, 0.29) is 24.0 Å². The molecule has 0 spiro atoms. The number of pyridine rings is 1. The summed E-state index contributed by atoms with van der Waals surface area (Å²) in [5.74, 6) is 1.34. The lowest BCUT2D eigenvalue weighted by molar-refractivity contribution is -0.129. The van der Waals surface area contributed by atoms with Gasteiger partial charge in [0.2, 0.25) is 11.8 Å². The average Bonchev–Trinajstić information content (AvgIpc) is 3.42. The summed E-state index contributed by atoms with van der Waals surface area (Å²) < 4.78 is 19.1. The Labute approximate surface area is 204 Å². The molecule has 1 fully saturated rings. The van der Waals surface area contributed by atoms with Crippen molar-refractivity contribution < 1.29 is 19.0 Å². The molecule has 0 aliphatic carbocycles. The number of hydrogen-bond acceptors (Lipinski definition) is 6. The number of methoxy groups -OCH3 is 1. The maximum Gasteiger partial charge on any atom is 0.242 e. The number of halogens is 1. The van der Waals surface area contributed by atoms with E-state index < -0.39 is 0 Å². The Balaban J connectivity index is 1.49. The summed E-state index contributed by atoms with van der Waals surface area (Å²) in [4.78, 5) is 23.6. The van der Waals surface area contributed by atoms with E-state index in [2.05, 4.69) is 16.9 Å². The zero-order valence-electron chi connectivity index (χ0n) is 20.0. The molecule has 3 heterocycles. The minimum absolute atomic E-state index is 0.0248. The number of amides is 1. The van der Waals surface area contributed by atoms with Crippen LogP contribution >= 0.6 is 11.6 Å². The van der Waals surface area contributed by atoms with Gasteiger partial charge in [0.05, 0.1) is 25.0 Å². The number of fused-ring (bicyclic) bond motifs is 1. The van der Waals surface area contributed by atoms with Crippen molar-refractivity contribution in [3.63, 3.8) is 0 Å². The standard InChI is InChI=1S/C25H31ClN4O4/c1-5-10-33-15-29-14-27-21-12-22(26)28-25(24(21)29)34-17(3)19-11-23(31)30(13-19)16(2)18-6-8-20(32-4)9-7-18/h6-9,12,14,16-17,19H,5,10-11,13,15H2,1-4H3/t16-,17-,19-/m1/s1. The number of rotatable bonds is 10. The third-order valence-electron chi connectivity index (χ3n) is 6.33. The van der Waals surface area contributed by atoms with Gasteiger partial charge in [-0.25, -0.2) is 4.98 Å². The van der Waals surface area contributed by atoms with Crippen molar-refractivity contribution in [1.29, 1.82) is 0 Å². The Hall–Kier alpha value is -2.84. The van der Waals surface area contributed by atoms with Crippen molar-refractivity contribution in [1.82, 2.24) is 19.4 Å². The first kappa shape index (κ1) is 24.3. The smallest absolute Gasteiger partial charge is 0.242 e. The summed E-state index contributed by atoms with van der Waals surface area (Å²) >= 11 is 6.24. The summed E-state index contributed by atoms with van der Waals surface area (Å²) in [5, 5.41) is 0.312. The molecule has 34 heavy (non-hydrogen) atoms. The van der Waals surface area contributed by atoms with Crippen molar-refractivity contribution >= 4 is 28.5 Å². The normalized spacial score (nSPS) is 17.9. The molecule has 1 saturated heterocycles. The molecule has 182 valence electrons. The summed E-state index contributed by atoms with van der Waals surface area (Å²) in [7, 11) is 1.64. The van der Waals surface area contributed by atoms with Crippen LogP contribution in [0.15, 0.2) is 36.7 Å². The molecule has 0 N–H and O–H groups in total. The highest BCUT2D eigenvalue weighted by atomic mass is 35.5. The number of aromatic nitrogens is 3. The Bertz CT molecular complexity index is 1130. The Morgan fingerprint density at radius 2 is 2.00 bits per heavy atom. The summed E-state index contributed by atoms with van der Waals surface area (Å²) in [5.41, 5.74) is 2.50. The van der Waals surface area contributed by atoms with Gasteiger partial charge in [0.15, 0.2) is 0 Å². The van der Waals surface area contributed by atoms with E-state index in [1.165, 1.54) is 0 Å². The third kappa shape index (κ3) is 5.13. The second kappa shape index (κ2) is 10.6. The second-order valence-corrected chi connectivity index (χ2v) is 9.04. The van der Waals surface area contributed by atoms with Crippen molar-refractivity contribution in [2.45, 2.75) is 52.5 Å². The van der Waals surface area contributed by atoms with Crippen molar-refractivity contribution in [2.24, 2.45) is 5.92 Å². The lowest BCUT2D eigenvalue weighted by atomic mass is 10.0. The maximum atomic E-state index is 12.9. The molecule has 2 aromatic heterocycles. The molecule has 1 aromatic carbocycles. The fraction of sp³-hybridized carbons (Fsp3) is 0.480. The summed E-state index contributed by atoms with van der Waals surface area (Å²) in [6, 6.07) is 9.50. The number of nitrogens with zero attached hydrogens (tertiary/aromatic N) is 4. The molecule has 0 unspecified atom stereocenters. The van der Waals surface area contributed by atoms with Gasteiger partial charge in [-0.15, -0.1) is 0 Å². The molecular weight excluding hydrogens is 456 g/mol. The maximum absolute atomic E-state index is 12.9. The highest BCUT2D eigenvalue weighted by molar-refractivity contribution is 6.30. The molecule has 0 bridgehead atoms. The first-order valence-corrected chi connectivity index (χ1v) is 12.0. The molecule has 1 aliphatic heterocycles. The van der Waals surface area contributed by atoms with Crippen LogP contribution in [0.3, 0.4) is 0 Å². The van der Waals surface area contributed by atoms with Gasteiger partial charge in [0, 0.05) is 31.6 Å². The topological polar surface area (TPSA) is 78.7 Å². The van der Waals surface area contributed by atoms with Crippen LogP contribution in [0, 0.1) is 5.92 Å².